The molecule has 0 saturated heterocycles. The second-order valence-corrected chi connectivity index (χ2v) is 5.80. The highest BCUT2D eigenvalue weighted by Gasteiger charge is 2.41. The number of aromatic hydroxyl groups is 1. The van der Waals surface area contributed by atoms with Gasteiger partial charge < -0.3 is 5.11 Å². The van der Waals surface area contributed by atoms with Gasteiger partial charge in [0, 0.05) is 11.0 Å². The summed E-state index contributed by atoms with van der Waals surface area (Å²) >= 11 is 3.45. The summed E-state index contributed by atoms with van der Waals surface area (Å²) in [5, 5.41) is 10.2. The Kier molecular flexibility index (Phi) is 3.35. The maximum Gasteiger partial charge on any atom is 0.119 e. The van der Waals surface area contributed by atoms with Crippen LogP contribution in [0.25, 0.3) is 0 Å². The molecule has 92 valence electrons. The zero-order valence-corrected chi connectivity index (χ0v) is 12.2. The Bertz CT molecular complexity index is 464. The van der Waals surface area contributed by atoms with Crippen LogP contribution in [0.3, 0.4) is 0 Å². The number of phenolic OH excluding ortho intramolecular Hbond substituents is 1. The fraction of sp³-hybridized carbons (Fsp3) is 0.467. The lowest BCUT2D eigenvalue weighted by Gasteiger charge is -2.31. The molecule has 0 unspecified atom stereocenters. The van der Waals surface area contributed by atoms with Gasteiger partial charge in [-0.3, -0.25) is 0 Å². The fourth-order valence-corrected chi connectivity index (χ4v) is 3.51. The third-order valence-corrected chi connectivity index (χ3v) is 4.94. The second-order valence-electron chi connectivity index (χ2n) is 5.34. The van der Waals surface area contributed by atoms with Gasteiger partial charge in [-0.15, -0.1) is 0 Å². The van der Waals surface area contributed by atoms with Crippen LogP contribution in [0, 0.1) is 12.8 Å². The van der Waals surface area contributed by atoms with Gasteiger partial charge in [0.15, 0.2) is 0 Å². The van der Waals surface area contributed by atoms with Crippen LogP contribution >= 0.6 is 15.9 Å². The summed E-state index contributed by atoms with van der Waals surface area (Å²) in [4.78, 5) is 2.05. The van der Waals surface area contributed by atoms with Crippen molar-refractivity contribution in [3.63, 3.8) is 0 Å². The van der Waals surface area contributed by atoms with E-state index in [4.69, 9.17) is 0 Å². The van der Waals surface area contributed by atoms with E-state index >= 15 is 0 Å². The highest BCUT2D eigenvalue weighted by molar-refractivity contribution is 9.11. The first-order chi connectivity index (χ1) is 7.99. The van der Waals surface area contributed by atoms with E-state index in [-0.39, 0.29) is 5.41 Å². The van der Waals surface area contributed by atoms with Gasteiger partial charge in [-0.1, -0.05) is 47.5 Å². The van der Waals surface area contributed by atoms with E-state index < -0.39 is 0 Å². The summed E-state index contributed by atoms with van der Waals surface area (Å²) in [5.41, 5.74) is 3.68. The number of phenols is 1. The Morgan fingerprint density at radius 3 is 2.71 bits per heavy atom. The van der Waals surface area contributed by atoms with Gasteiger partial charge >= 0.3 is 0 Å². The minimum absolute atomic E-state index is 0.0530. The van der Waals surface area contributed by atoms with Crippen molar-refractivity contribution in [2.24, 2.45) is 5.92 Å². The number of hydrogen-bond donors (Lipinski definition) is 1. The smallest absolute Gasteiger partial charge is 0.119 e. The maximum atomic E-state index is 10.2. The zero-order valence-electron chi connectivity index (χ0n) is 10.6. The molecule has 0 spiro atoms. The van der Waals surface area contributed by atoms with Gasteiger partial charge in [-0.05, 0) is 42.3 Å². The summed E-state index contributed by atoms with van der Waals surface area (Å²) in [6.07, 6.45) is 2.21. The van der Waals surface area contributed by atoms with Crippen LogP contribution in [0.4, 0.5) is 0 Å². The molecule has 0 aromatic heterocycles. The van der Waals surface area contributed by atoms with Crippen LogP contribution in [-0.2, 0) is 5.41 Å². The normalized spacial score (nSPS) is 31.1. The highest BCUT2D eigenvalue weighted by atomic mass is 79.9. The topological polar surface area (TPSA) is 20.2 Å². The zero-order chi connectivity index (χ0) is 12.6. The Hall–Kier alpha value is -0.760. The standard InChI is InChI=1S/C15H19BrO/c1-10-4-5-13(14(17)8-10)15(3)7-6-12(9-16)11(15)2/h4-5,8-9,11,17H,6-7H2,1-3H3/b12-9-/t11-,15+/m0/s1. The molecule has 2 rings (SSSR count). The van der Waals surface area contributed by atoms with Gasteiger partial charge in [0.2, 0.25) is 0 Å². The monoisotopic (exact) mass is 294 g/mol. The van der Waals surface area contributed by atoms with E-state index in [9.17, 15) is 5.11 Å². The molecule has 1 nitrogen and oxygen atoms in total. The van der Waals surface area contributed by atoms with Gasteiger partial charge in [0.05, 0.1) is 0 Å². The van der Waals surface area contributed by atoms with Crippen molar-refractivity contribution in [3.05, 3.63) is 39.9 Å². The molecule has 1 aliphatic carbocycles. The number of allylic oxidation sites excluding steroid dienone is 1. The largest absolute Gasteiger partial charge is 0.508 e. The summed E-state index contributed by atoms with van der Waals surface area (Å²) in [7, 11) is 0. The molecule has 1 saturated carbocycles. The van der Waals surface area contributed by atoms with Crippen LogP contribution in [0.2, 0.25) is 0 Å². The Morgan fingerprint density at radius 2 is 2.18 bits per heavy atom. The number of aryl methyl sites for hydroxylation is 1. The summed E-state index contributed by atoms with van der Waals surface area (Å²) in [6.45, 7) is 6.51. The molecule has 0 amide bonds. The number of benzene rings is 1. The summed E-state index contributed by atoms with van der Waals surface area (Å²) < 4.78 is 0. The minimum atomic E-state index is 0.0530. The Morgan fingerprint density at radius 1 is 1.47 bits per heavy atom. The van der Waals surface area contributed by atoms with E-state index in [0.29, 0.717) is 11.7 Å². The molecule has 1 fully saturated rings. The number of halogens is 1. The molecule has 0 heterocycles. The van der Waals surface area contributed by atoms with Crippen molar-refractivity contribution in [3.8, 4) is 5.75 Å². The van der Waals surface area contributed by atoms with Crippen LogP contribution in [-0.4, -0.2) is 5.11 Å². The Labute approximate surface area is 112 Å². The molecule has 2 atom stereocenters. The van der Waals surface area contributed by atoms with Crippen molar-refractivity contribution in [2.45, 2.75) is 39.0 Å². The van der Waals surface area contributed by atoms with Crippen LogP contribution in [0.5, 0.6) is 5.75 Å². The molecule has 0 aliphatic heterocycles. The molecule has 0 radical (unpaired) electrons. The molecule has 1 aliphatic rings. The van der Waals surface area contributed by atoms with E-state index in [1.54, 1.807) is 0 Å². The molecular weight excluding hydrogens is 276 g/mol. The second kappa shape index (κ2) is 4.49. The lowest BCUT2D eigenvalue weighted by Crippen LogP contribution is -2.25. The van der Waals surface area contributed by atoms with Gasteiger partial charge in [0.1, 0.15) is 5.75 Å². The SMILES string of the molecule is Cc1ccc([C@]2(C)CC/C(=C/Br)[C@@H]2C)c(O)c1. The quantitative estimate of drug-likeness (QED) is 0.798. The van der Waals surface area contributed by atoms with Crippen molar-refractivity contribution in [1.29, 1.82) is 0 Å². The first-order valence-corrected chi connectivity index (χ1v) is 7.00. The number of rotatable bonds is 1. The van der Waals surface area contributed by atoms with Crippen LogP contribution in [0.1, 0.15) is 37.8 Å². The lowest BCUT2D eigenvalue weighted by atomic mass is 9.73. The summed E-state index contributed by atoms with van der Waals surface area (Å²) in [6, 6.07) is 6.03. The average Bonchev–Trinajstić information content (AvgIpc) is 2.56. The molecule has 1 aromatic rings. The molecule has 1 N–H and O–H groups in total. The molecule has 17 heavy (non-hydrogen) atoms. The van der Waals surface area contributed by atoms with E-state index in [0.717, 1.165) is 24.0 Å². The molecule has 2 heteroatoms. The van der Waals surface area contributed by atoms with Gasteiger partial charge in [0.25, 0.3) is 0 Å². The maximum absolute atomic E-state index is 10.2. The molecule has 0 bridgehead atoms. The van der Waals surface area contributed by atoms with Crippen molar-refractivity contribution in [1.82, 2.24) is 0 Å². The average molecular weight is 295 g/mol. The third-order valence-electron chi connectivity index (χ3n) is 4.35. The molecule has 1 aromatic carbocycles. The van der Waals surface area contributed by atoms with E-state index in [1.807, 2.05) is 18.0 Å². The number of hydrogen-bond acceptors (Lipinski definition) is 1. The van der Waals surface area contributed by atoms with Gasteiger partial charge in [-0.2, -0.15) is 0 Å². The van der Waals surface area contributed by atoms with Crippen LogP contribution in [0.15, 0.2) is 28.8 Å². The minimum Gasteiger partial charge on any atom is -0.508 e. The van der Waals surface area contributed by atoms with E-state index in [2.05, 4.69) is 41.9 Å². The Balaban J connectivity index is 2.46. The van der Waals surface area contributed by atoms with Crippen molar-refractivity contribution < 1.29 is 5.11 Å². The predicted molar refractivity (Wildman–Crippen MR) is 75.6 cm³/mol. The summed E-state index contributed by atoms with van der Waals surface area (Å²) in [5.74, 6) is 0.908. The fourth-order valence-electron chi connectivity index (χ4n) is 2.89. The van der Waals surface area contributed by atoms with E-state index in [1.165, 1.54) is 5.57 Å². The van der Waals surface area contributed by atoms with Gasteiger partial charge in [-0.25, -0.2) is 0 Å². The van der Waals surface area contributed by atoms with Crippen molar-refractivity contribution in [2.75, 3.05) is 0 Å². The predicted octanol–water partition coefficient (Wildman–Crippen LogP) is 4.67. The third kappa shape index (κ3) is 2.03. The van der Waals surface area contributed by atoms with Crippen LogP contribution < -0.4 is 0 Å². The first kappa shape index (κ1) is 12.7. The highest BCUT2D eigenvalue weighted by Crippen LogP contribution is 2.50. The molecular formula is C15H19BrO. The lowest BCUT2D eigenvalue weighted by molar-refractivity contribution is 0.369. The first-order valence-electron chi connectivity index (χ1n) is 6.08. The van der Waals surface area contributed by atoms with Crippen molar-refractivity contribution >= 4 is 15.9 Å².